The molecule has 2 aromatic rings. The Labute approximate surface area is 151 Å². The standard InChI is InChI=1S/C21H19NO4/c1-14-19(21(24)25-2)20(23)17(22-14)12-16-10-6-7-11-18(16)26-13-15-8-4-3-5-9-15/h3-12,23H,13H2,1-2H3/b17-12+. The van der Waals surface area contributed by atoms with Gasteiger partial charge in [0.1, 0.15) is 23.6 Å². The van der Waals surface area contributed by atoms with Crippen LogP contribution in [0.1, 0.15) is 18.1 Å². The van der Waals surface area contributed by atoms with Crippen LogP contribution in [0, 0.1) is 0 Å². The molecule has 0 spiro atoms. The summed E-state index contributed by atoms with van der Waals surface area (Å²) in [6.45, 7) is 2.08. The number of ether oxygens (including phenoxy) is 2. The lowest BCUT2D eigenvalue weighted by Crippen LogP contribution is -2.11. The van der Waals surface area contributed by atoms with Gasteiger partial charge in [0.15, 0.2) is 5.76 Å². The first kappa shape index (κ1) is 17.5. The summed E-state index contributed by atoms with van der Waals surface area (Å²) in [6.07, 6.45) is 1.69. The molecule has 1 heterocycles. The van der Waals surface area contributed by atoms with E-state index in [0.29, 0.717) is 23.8 Å². The first-order valence-corrected chi connectivity index (χ1v) is 8.15. The van der Waals surface area contributed by atoms with Crippen LogP contribution in [-0.4, -0.2) is 23.9 Å². The van der Waals surface area contributed by atoms with Crippen molar-refractivity contribution >= 4 is 17.8 Å². The van der Waals surface area contributed by atoms with E-state index in [1.807, 2.05) is 54.6 Å². The van der Waals surface area contributed by atoms with E-state index in [4.69, 9.17) is 9.47 Å². The maximum absolute atomic E-state index is 11.8. The molecule has 0 amide bonds. The third kappa shape index (κ3) is 3.67. The fourth-order valence-corrected chi connectivity index (χ4v) is 2.65. The third-order valence-corrected chi connectivity index (χ3v) is 3.97. The van der Waals surface area contributed by atoms with Crippen LogP contribution < -0.4 is 4.74 Å². The summed E-state index contributed by atoms with van der Waals surface area (Å²) in [5, 5.41) is 10.3. The minimum absolute atomic E-state index is 0.0847. The number of carbonyl (C=O) groups is 1. The van der Waals surface area contributed by atoms with E-state index in [9.17, 15) is 9.90 Å². The second kappa shape index (κ2) is 7.70. The van der Waals surface area contributed by atoms with Gasteiger partial charge < -0.3 is 14.6 Å². The minimum atomic E-state index is -0.610. The van der Waals surface area contributed by atoms with Gasteiger partial charge in [0.25, 0.3) is 0 Å². The molecule has 5 nitrogen and oxygen atoms in total. The molecule has 0 aromatic heterocycles. The average Bonchev–Trinajstić information content (AvgIpc) is 2.94. The Morgan fingerprint density at radius 1 is 1.12 bits per heavy atom. The number of aliphatic hydroxyl groups excluding tert-OH is 1. The van der Waals surface area contributed by atoms with Gasteiger partial charge in [-0.1, -0.05) is 48.5 Å². The van der Waals surface area contributed by atoms with Crippen LogP contribution >= 0.6 is 0 Å². The summed E-state index contributed by atoms with van der Waals surface area (Å²) >= 11 is 0. The zero-order valence-corrected chi connectivity index (χ0v) is 14.6. The highest BCUT2D eigenvalue weighted by molar-refractivity contribution is 6.22. The Bertz CT molecular complexity index is 911. The molecule has 0 atom stereocenters. The second-order valence-corrected chi connectivity index (χ2v) is 5.75. The maximum Gasteiger partial charge on any atom is 0.343 e. The van der Waals surface area contributed by atoms with Gasteiger partial charge >= 0.3 is 5.97 Å². The molecule has 0 aliphatic carbocycles. The van der Waals surface area contributed by atoms with Gasteiger partial charge in [-0.05, 0) is 24.6 Å². The monoisotopic (exact) mass is 349 g/mol. The molecule has 1 aliphatic rings. The van der Waals surface area contributed by atoms with Crippen molar-refractivity contribution in [3.8, 4) is 5.75 Å². The largest absolute Gasteiger partial charge is 0.505 e. The molecule has 5 heteroatoms. The maximum atomic E-state index is 11.8. The summed E-state index contributed by atoms with van der Waals surface area (Å²) in [5.74, 6) is -0.135. The molecule has 1 aliphatic heterocycles. The summed E-state index contributed by atoms with van der Waals surface area (Å²) in [6, 6.07) is 17.3. The Morgan fingerprint density at radius 2 is 1.81 bits per heavy atom. The van der Waals surface area contributed by atoms with Crippen LogP contribution in [0.5, 0.6) is 5.75 Å². The lowest BCUT2D eigenvalue weighted by molar-refractivity contribution is -0.135. The highest BCUT2D eigenvalue weighted by atomic mass is 16.5. The van der Waals surface area contributed by atoms with E-state index in [0.717, 1.165) is 11.1 Å². The lowest BCUT2D eigenvalue weighted by atomic mass is 10.1. The number of aliphatic imine (C=N–C) groups is 1. The number of carbonyl (C=O) groups excluding carboxylic acids is 1. The molecule has 0 radical (unpaired) electrons. The lowest BCUT2D eigenvalue weighted by Gasteiger charge is -2.09. The van der Waals surface area contributed by atoms with Crippen LogP contribution in [0.25, 0.3) is 6.08 Å². The van der Waals surface area contributed by atoms with E-state index in [2.05, 4.69) is 4.99 Å². The molecule has 3 rings (SSSR count). The van der Waals surface area contributed by atoms with Crippen LogP contribution in [0.15, 0.2) is 76.6 Å². The van der Waals surface area contributed by atoms with Gasteiger partial charge in [-0.3, -0.25) is 0 Å². The van der Waals surface area contributed by atoms with Crippen LogP contribution in [0.2, 0.25) is 0 Å². The number of methoxy groups -OCH3 is 1. The van der Waals surface area contributed by atoms with Crippen LogP contribution in [0.3, 0.4) is 0 Å². The SMILES string of the molecule is COC(=O)C1=C(O)/C(=C\c2ccccc2OCc2ccccc2)N=C1C. The molecule has 0 unspecified atom stereocenters. The number of rotatable bonds is 5. The van der Waals surface area contributed by atoms with Crippen LogP contribution in [-0.2, 0) is 16.1 Å². The van der Waals surface area contributed by atoms with Crippen molar-refractivity contribution in [1.29, 1.82) is 0 Å². The molecule has 0 fully saturated rings. The summed E-state index contributed by atoms with van der Waals surface area (Å²) in [7, 11) is 1.27. The van der Waals surface area contributed by atoms with Gasteiger partial charge in [-0.15, -0.1) is 0 Å². The fourth-order valence-electron chi connectivity index (χ4n) is 2.65. The Hall–Kier alpha value is -3.34. The molecular weight excluding hydrogens is 330 g/mol. The predicted octanol–water partition coefficient (Wildman–Crippen LogP) is 4.07. The van der Waals surface area contributed by atoms with Crippen molar-refractivity contribution in [3.05, 3.63) is 82.8 Å². The minimum Gasteiger partial charge on any atom is -0.505 e. The number of hydrogen-bond acceptors (Lipinski definition) is 5. The van der Waals surface area contributed by atoms with Crippen molar-refractivity contribution in [2.24, 2.45) is 4.99 Å². The number of nitrogens with zero attached hydrogens (tertiary/aromatic N) is 1. The second-order valence-electron chi connectivity index (χ2n) is 5.75. The van der Waals surface area contributed by atoms with E-state index < -0.39 is 5.97 Å². The van der Waals surface area contributed by atoms with Gasteiger partial charge in [0.2, 0.25) is 0 Å². The van der Waals surface area contributed by atoms with Gasteiger partial charge in [0, 0.05) is 5.56 Å². The van der Waals surface area contributed by atoms with E-state index in [-0.39, 0.29) is 11.3 Å². The van der Waals surface area contributed by atoms with Crippen molar-refractivity contribution in [1.82, 2.24) is 0 Å². The Balaban J connectivity index is 1.88. The molecule has 0 saturated carbocycles. The Morgan fingerprint density at radius 3 is 2.54 bits per heavy atom. The predicted molar refractivity (Wildman–Crippen MR) is 100.0 cm³/mol. The summed E-state index contributed by atoms with van der Waals surface area (Å²) in [4.78, 5) is 16.1. The van der Waals surface area contributed by atoms with Crippen molar-refractivity contribution in [2.75, 3.05) is 7.11 Å². The number of hydrogen-bond donors (Lipinski definition) is 1. The molecule has 0 bridgehead atoms. The normalized spacial score (nSPS) is 15.2. The fraction of sp³-hybridized carbons (Fsp3) is 0.143. The van der Waals surface area contributed by atoms with E-state index >= 15 is 0 Å². The smallest absolute Gasteiger partial charge is 0.343 e. The zero-order chi connectivity index (χ0) is 18.5. The van der Waals surface area contributed by atoms with Crippen molar-refractivity contribution in [3.63, 3.8) is 0 Å². The molecular formula is C21H19NO4. The molecule has 0 saturated heterocycles. The highest BCUT2D eigenvalue weighted by Crippen LogP contribution is 2.29. The van der Waals surface area contributed by atoms with Gasteiger partial charge in [-0.25, -0.2) is 9.79 Å². The number of aliphatic hydroxyl groups is 1. The molecule has 2 aromatic carbocycles. The average molecular weight is 349 g/mol. The van der Waals surface area contributed by atoms with Crippen molar-refractivity contribution < 1.29 is 19.4 Å². The van der Waals surface area contributed by atoms with Crippen molar-refractivity contribution in [2.45, 2.75) is 13.5 Å². The number of para-hydroxylation sites is 1. The number of esters is 1. The first-order chi connectivity index (χ1) is 12.6. The van der Waals surface area contributed by atoms with Crippen LogP contribution in [0.4, 0.5) is 0 Å². The first-order valence-electron chi connectivity index (χ1n) is 8.15. The summed E-state index contributed by atoms with van der Waals surface area (Å²) < 4.78 is 10.6. The quantitative estimate of drug-likeness (QED) is 0.827. The van der Waals surface area contributed by atoms with Gasteiger partial charge in [-0.2, -0.15) is 0 Å². The topological polar surface area (TPSA) is 68.1 Å². The highest BCUT2D eigenvalue weighted by Gasteiger charge is 2.27. The van der Waals surface area contributed by atoms with E-state index in [1.165, 1.54) is 7.11 Å². The number of benzene rings is 2. The van der Waals surface area contributed by atoms with E-state index in [1.54, 1.807) is 13.0 Å². The third-order valence-electron chi connectivity index (χ3n) is 3.97. The van der Waals surface area contributed by atoms with Gasteiger partial charge in [0.05, 0.1) is 12.8 Å². The molecule has 132 valence electrons. The molecule has 26 heavy (non-hydrogen) atoms. The Kier molecular flexibility index (Phi) is 5.17. The molecule has 1 N–H and O–H groups in total. The zero-order valence-electron chi connectivity index (χ0n) is 14.6. The summed E-state index contributed by atoms with van der Waals surface area (Å²) in [5.41, 5.74) is 2.62.